The number of ether oxygens (including phenoxy) is 1. The lowest BCUT2D eigenvalue weighted by molar-refractivity contribution is -0.119. The molecule has 0 heterocycles. The summed E-state index contributed by atoms with van der Waals surface area (Å²) < 4.78 is 32.3. The number of carbonyl (C=O) groups is 2. The molecular formula is C15H8Br2ClF2NO3. The third-order valence-corrected chi connectivity index (χ3v) is 4.23. The lowest BCUT2D eigenvalue weighted by Crippen LogP contribution is -2.21. The van der Waals surface area contributed by atoms with Gasteiger partial charge in [0.2, 0.25) is 0 Å². The minimum absolute atomic E-state index is 0.310. The first-order valence-corrected chi connectivity index (χ1v) is 8.31. The maximum absolute atomic E-state index is 13.2. The van der Waals surface area contributed by atoms with E-state index in [0.717, 1.165) is 4.47 Å². The standard InChI is InChI=1S/C15H8Br2ClF2NO3/c16-7-1-2-13(9(17)3-7)21-14(22)6-24-15(23)8-4-11(19)12(20)5-10(8)18/h1-5H,6H2,(H,21,22). The number of nitrogens with one attached hydrogen (secondary N) is 1. The Bertz CT molecular complexity index is 818. The second-order valence-corrected chi connectivity index (χ2v) is 6.67. The van der Waals surface area contributed by atoms with Crippen LogP contribution in [0.1, 0.15) is 10.4 Å². The summed E-state index contributed by atoms with van der Waals surface area (Å²) in [7, 11) is 0. The number of hydrogen-bond acceptors (Lipinski definition) is 3. The van der Waals surface area contributed by atoms with E-state index in [1.165, 1.54) is 0 Å². The van der Waals surface area contributed by atoms with Gasteiger partial charge in [0, 0.05) is 8.95 Å². The molecule has 2 aromatic rings. The molecule has 2 aromatic carbocycles. The third kappa shape index (κ3) is 4.75. The Labute approximate surface area is 157 Å². The zero-order valence-electron chi connectivity index (χ0n) is 11.7. The lowest BCUT2D eigenvalue weighted by atomic mass is 10.2. The summed E-state index contributed by atoms with van der Waals surface area (Å²) in [6, 6.07) is 6.35. The molecular weight excluding hydrogens is 475 g/mol. The Morgan fingerprint density at radius 1 is 1.12 bits per heavy atom. The first-order valence-electron chi connectivity index (χ1n) is 6.34. The summed E-state index contributed by atoms with van der Waals surface area (Å²) in [5.74, 6) is -4.07. The van der Waals surface area contributed by atoms with Crippen LogP contribution in [0.5, 0.6) is 0 Å². The van der Waals surface area contributed by atoms with Crippen LogP contribution in [0.2, 0.25) is 5.02 Å². The molecule has 0 aliphatic rings. The van der Waals surface area contributed by atoms with E-state index in [1.807, 2.05) is 0 Å². The first-order chi connectivity index (χ1) is 11.3. The van der Waals surface area contributed by atoms with Gasteiger partial charge in [0.05, 0.1) is 16.3 Å². The number of halogens is 5. The van der Waals surface area contributed by atoms with Crippen LogP contribution in [-0.4, -0.2) is 18.5 Å². The Hall–Kier alpha value is -1.51. The van der Waals surface area contributed by atoms with Crippen LogP contribution < -0.4 is 5.32 Å². The van der Waals surface area contributed by atoms with Gasteiger partial charge in [-0.3, -0.25) is 4.79 Å². The van der Waals surface area contributed by atoms with Crippen molar-refractivity contribution in [1.29, 1.82) is 0 Å². The molecule has 0 bridgehead atoms. The smallest absolute Gasteiger partial charge is 0.340 e. The van der Waals surface area contributed by atoms with Gasteiger partial charge in [-0.1, -0.05) is 27.5 Å². The number of esters is 1. The van der Waals surface area contributed by atoms with Crippen molar-refractivity contribution in [3.63, 3.8) is 0 Å². The largest absolute Gasteiger partial charge is 0.452 e. The van der Waals surface area contributed by atoms with Crippen molar-refractivity contribution in [2.45, 2.75) is 0 Å². The summed E-state index contributed by atoms with van der Waals surface area (Å²) >= 11 is 12.2. The molecule has 1 N–H and O–H groups in total. The number of benzene rings is 2. The van der Waals surface area contributed by atoms with Gasteiger partial charge >= 0.3 is 5.97 Å². The van der Waals surface area contributed by atoms with Gasteiger partial charge in [0.15, 0.2) is 18.2 Å². The second-order valence-electron chi connectivity index (χ2n) is 4.49. The van der Waals surface area contributed by atoms with Gasteiger partial charge in [-0.05, 0) is 46.3 Å². The van der Waals surface area contributed by atoms with Gasteiger partial charge < -0.3 is 10.1 Å². The van der Waals surface area contributed by atoms with Crippen molar-refractivity contribution in [1.82, 2.24) is 0 Å². The first kappa shape index (κ1) is 18.8. The fraction of sp³-hybridized carbons (Fsp3) is 0.0667. The highest BCUT2D eigenvalue weighted by atomic mass is 79.9. The average molecular weight is 483 g/mol. The summed E-state index contributed by atoms with van der Waals surface area (Å²) in [6.45, 7) is -0.614. The molecule has 2 rings (SSSR count). The molecule has 9 heteroatoms. The second kappa shape index (κ2) is 8.04. The SMILES string of the molecule is O=C(COC(=O)c1cc(F)c(F)cc1Cl)Nc1ccc(Br)cc1Br. The molecule has 0 fully saturated rings. The third-order valence-electron chi connectivity index (χ3n) is 2.77. The molecule has 0 aliphatic carbocycles. The van der Waals surface area contributed by atoms with Crippen LogP contribution in [0, 0.1) is 11.6 Å². The van der Waals surface area contributed by atoms with Crippen LogP contribution >= 0.6 is 43.5 Å². The lowest BCUT2D eigenvalue weighted by Gasteiger charge is -2.09. The monoisotopic (exact) mass is 481 g/mol. The fourth-order valence-corrected chi connectivity index (χ4v) is 3.04. The van der Waals surface area contributed by atoms with Gasteiger partial charge in [-0.25, -0.2) is 13.6 Å². The van der Waals surface area contributed by atoms with Crippen molar-refractivity contribution in [3.05, 3.63) is 61.5 Å². The average Bonchev–Trinajstić information content (AvgIpc) is 2.51. The molecule has 4 nitrogen and oxygen atoms in total. The van der Waals surface area contributed by atoms with E-state index >= 15 is 0 Å². The molecule has 0 spiro atoms. The van der Waals surface area contributed by atoms with Crippen LogP contribution in [0.4, 0.5) is 14.5 Å². The van der Waals surface area contributed by atoms with Gasteiger partial charge in [-0.2, -0.15) is 0 Å². The maximum Gasteiger partial charge on any atom is 0.340 e. The summed E-state index contributed by atoms with van der Waals surface area (Å²) in [6.07, 6.45) is 0. The molecule has 126 valence electrons. The maximum atomic E-state index is 13.2. The van der Waals surface area contributed by atoms with E-state index in [2.05, 4.69) is 37.2 Å². The highest BCUT2D eigenvalue weighted by Crippen LogP contribution is 2.26. The van der Waals surface area contributed by atoms with Gasteiger partial charge in [0.25, 0.3) is 5.91 Å². The number of rotatable bonds is 4. The minimum atomic E-state index is -1.24. The molecule has 0 atom stereocenters. The van der Waals surface area contributed by atoms with E-state index in [1.54, 1.807) is 18.2 Å². The highest BCUT2D eigenvalue weighted by molar-refractivity contribution is 9.11. The number of carbonyl (C=O) groups excluding carboxylic acids is 2. The predicted molar refractivity (Wildman–Crippen MR) is 92.1 cm³/mol. The summed E-state index contributed by atoms with van der Waals surface area (Å²) in [5, 5.41) is 2.22. The van der Waals surface area contributed by atoms with Crippen molar-refractivity contribution in [3.8, 4) is 0 Å². The van der Waals surface area contributed by atoms with Crippen molar-refractivity contribution in [2.75, 3.05) is 11.9 Å². The van der Waals surface area contributed by atoms with E-state index in [4.69, 9.17) is 16.3 Å². The van der Waals surface area contributed by atoms with Crippen molar-refractivity contribution >= 4 is 61.0 Å². The Balaban J connectivity index is 1.99. The topological polar surface area (TPSA) is 55.4 Å². The van der Waals surface area contributed by atoms with Gasteiger partial charge in [-0.15, -0.1) is 0 Å². The number of amides is 1. The molecule has 24 heavy (non-hydrogen) atoms. The molecule has 0 unspecified atom stereocenters. The summed E-state index contributed by atoms with van der Waals surface area (Å²) in [5.41, 5.74) is 0.110. The zero-order valence-corrected chi connectivity index (χ0v) is 15.6. The molecule has 0 aliphatic heterocycles. The highest BCUT2D eigenvalue weighted by Gasteiger charge is 2.17. The Morgan fingerprint density at radius 3 is 2.46 bits per heavy atom. The quantitative estimate of drug-likeness (QED) is 0.495. The molecule has 0 aromatic heterocycles. The van der Waals surface area contributed by atoms with E-state index in [0.29, 0.717) is 22.3 Å². The van der Waals surface area contributed by atoms with Crippen LogP contribution in [-0.2, 0) is 9.53 Å². The molecule has 0 radical (unpaired) electrons. The predicted octanol–water partition coefficient (Wildman–Crippen LogP) is 4.94. The summed E-state index contributed by atoms with van der Waals surface area (Å²) in [4.78, 5) is 23.6. The molecule has 0 saturated carbocycles. The van der Waals surface area contributed by atoms with E-state index < -0.39 is 30.1 Å². The van der Waals surface area contributed by atoms with E-state index in [-0.39, 0.29) is 10.6 Å². The van der Waals surface area contributed by atoms with Crippen LogP contribution in [0.15, 0.2) is 39.3 Å². The van der Waals surface area contributed by atoms with Crippen LogP contribution in [0.3, 0.4) is 0 Å². The zero-order chi connectivity index (χ0) is 17.9. The fourth-order valence-electron chi connectivity index (χ4n) is 1.66. The Kier molecular flexibility index (Phi) is 6.31. The Morgan fingerprint density at radius 2 is 1.79 bits per heavy atom. The van der Waals surface area contributed by atoms with Gasteiger partial charge in [0.1, 0.15) is 0 Å². The normalized spacial score (nSPS) is 10.4. The van der Waals surface area contributed by atoms with E-state index in [9.17, 15) is 18.4 Å². The van der Waals surface area contributed by atoms with Crippen molar-refractivity contribution in [2.24, 2.45) is 0 Å². The van der Waals surface area contributed by atoms with Crippen LogP contribution in [0.25, 0.3) is 0 Å². The number of anilines is 1. The number of hydrogen-bond donors (Lipinski definition) is 1. The minimum Gasteiger partial charge on any atom is -0.452 e. The van der Waals surface area contributed by atoms with Crippen molar-refractivity contribution < 1.29 is 23.1 Å². The molecule has 0 saturated heterocycles. The molecule has 1 amide bonds.